The molecule has 2 aliphatic heterocycles. The number of benzene rings is 1. The van der Waals surface area contributed by atoms with Crippen LogP contribution in [0.2, 0.25) is 0 Å². The van der Waals surface area contributed by atoms with E-state index in [1.54, 1.807) is 0 Å². The molecule has 0 amide bonds. The molecule has 1 unspecified atom stereocenters. The molecule has 2 fully saturated rings. The van der Waals surface area contributed by atoms with Gasteiger partial charge >= 0.3 is 0 Å². The Morgan fingerprint density at radius 3 is 2.71 bits per heavy atom. The number of aryl methyl sites for hydroxylation is 1. The fourth-order valence-electron chi connectivity index (χ4n) is 5.38. The van der Waals surface area contributed by atoms with Gasteiger partial charge in [-0.05, 0) is 75.4 Å². The van der Waals surface area contributed by atoms with Crippen molar-refractivity contribution in [3.8, 4) is 0 Å². The zero-order valence-corrected chi connectivity index (χ0v) is 19.8. The Balaban J connectivity index is 1.29. The summed E-state index contributed by atoms with van der Waals surface area (Å²) in [6.07, 6.45) is 6.21. The Morgan fingerprint density at radius 2 is 1.91 bits per heavy atom. The fraction of sp³-hybridized carbons (Fsp3) is 0.538. The molecule has 1 N–H and O–H groups in total. The molecule has 5 rings (SSSR count). The summed E-state index contributed by atoms with van der Waals surface area (Å²) in [4.78, 5) is 6.95. The maximum absolute atomic E-state index is 13.6. The van der Waals surface area contributed by atoms with E-state index in [0.29, 0.717) is 23.9 Å². The second kappa shape index (κ2) is 10.5. The maximum atomic E-state index is 13.6. The van der Waals surface area contributed by atoms with Gasteiger partial charge in [0.05, 0.1) is 11.4 Å². The van der Waals surface area contributed by atoms with Gasteiger partial charge in [0.15, 0.2) is 5.65 Å². The van der Waals surface area contributed by atoms with Gasteiger partial charge in [-0.3, -0.25) is 4.90 Å². The van der Waals surface area contributed by atoms with Crippen LogP contribution in [0.15, 0.2) is 30.5 Å². The highest BCUT2D eigenvalue weighted by atomic mass is 19.1. The summed E-state index contributed by atoms with van der Waals surface area (Å²) in [6.45, 7) is 7.80. The summed E-state index contributed by atoms with van der Waals surface area (Å²) in [5, 5.41) is 8.48. The molecule has 2 aromatic heterocycles. The van der Waals surface area contributed by atoms with Gasteiger partial charge in [-0.15, -0.1) is 0 Å². The Labute approximate surface area is 199 Å². The number of ether oxygens (including phenoxy) is 1. The van der Waals surface area contributed by atoms with Crippen LogP contribution in [-0.4, -0.2) is 52.3 Å². The standard InChI is InChI=1S/C26H33F2N5O/c1-18-24(15-29-14-19-5-9-34-10-6-19)26-30-7-4-25(33(26)31-18)21-3-2-8-32(17-21)16-20-11-22(27)13-23(28)12-20/h4,7,11-13,19,21,29H,2-3,5-6,8-10,14-17H2,1H3. The smallest absolute Gasteiger partial charge is 0.159 e. The number of likely N-dealkylation sites (tertiary alicyclic amines) is 1. The average molecular weight is 470 g/mol. The molecule has 2 aliphatic rings. The van der Waals surface area contributed by atoms with E-state index in [2.05, 4.69) is 28.2 Å². The van der Waals surface area contributed by atoms with Crippen molar-refractivity contribution < 1.29 is 13.5 Å². The summed E-state index contributed by atoms with van der Waals surface area (Å²) >= 11 is 0. The first kappa shape index (κ1) is 23.3. The van der Waals surface area contributed by atoms with Crippen molar-refractivity contribution in [3.05, 3.63) is 64.6 Å². The molecule has 0 spiro atoms. The van der Waals surface area contributed by atoms with Crippen LogP contribution < -0.4 is 5.32 Å². The number of nitrogens with zero attached hydrogens (tertiary/aromatic N) is 4. The van der Waals surface area contributed by atoms with E-state index in [1.165, 1.54) is 12.1 Å². The van der Waals surface area contributed by atoms with E-state index in [1.807, 2.05) is 10.7 Å². The van der Waals surface area contributed by atoms with Crippen LogP contribution in [0, 0.1) is 24.5 Å². The molecule has 3 aromatic rings. The molecule has 182 valence electrons. The highest BCUT2D eigenvalue weighted by Crippen LogP contribution is 2.29. The van der Waals surface area contributed by atoms with Gasteiger partial charge in [-0.2, -0.15) is 5.10 Å². The first-order valence-electron chi connectivity index (χ1n) is 12.4. The number of piperidine rings is 1. The van der Waals surface area contributed by atoms with Crippen LogP contribution in [0.4, 0.5) is 8.78 Å². The number of rotatable bonds is 7. The molecule has 1 atom stereocenters. The summed E-state index contributed by atoms with van der Waals surface area (Å²) in [5.41, 5.74) is 4.89. The van der Waals surface area contributed by atoms with Gasteiger partial charge in [-0.1, -0.05) is 0 Å². The Kier molecular flexibility index (Phi) is 7.18. The van der Waals surface area contributed by atoms with Crippen molar-refractivity contribution in [1.82, 2.24) is 24.8 Å². The number of nitrogens with one attached hydrogen (secondary N) is 1. The van der Waals surface area contributed by atoms with Crippen molar-refractivity contribution in [2.45, 2.75) is 51.6 Å². The lowest BCUT2D eigenvalue weighted by Gasteiger charge is -2.33. The van der Waals surface area contributed by atoms with E-state index < -0.39 is 11.6 Å². The molecule has 6 nitrogen and oxygen atoms in total. The summed E-state index contributed by atoms with van der Waals surface area (Å²) in [7, 11) is 0. The molecule has 8 heteroatoms. The summed E-state index contributed by atoms with van der Waals surface area (Å²) in [6, 6.07) is 5.84. The maximum Gasteiger partial charge on any atom is 0.159 e. The van der Waals surface area contributed by atoms with Crippen molar-refractivity contribution in [2.75, 3.05) is 32.8 Å². The fourth-order valence-corrected chi connectivity index (χ4v) is 5.38. The third-order valence-electron chi connectivity index (χ3n) is 7.17. The van der Waals surface area contributed by atoms with Crippen LogP contribution in [0.1, 0.15) is 54.1 Å². The van der Waals surface area contributed by atoms with Gasteiger partial charge in [-0.25, -0.2) is 18.3 Å². The zero-order chi connectivity index (χ0) is 23.5. The number of halogens is 2. The Bertz CT molecular complexity index is 1110. The van der Waals surface area contributed by atoms with Gasteiger partial charge in [0.2, 0.25) is 0 Å². The number of hydrogen-bond donors (Lipinski definition) is 1. The SMILES string of the molecule is Cc1nn2c(C3CCCN(Cc4cc(F)cc(F)c4)C3)ccnc2c1CNCC1CCOCC1. The largest absolute Gasteiger partial charge is 0.381 e. The minimum Gasteiger partial charge on any atom is -0.381 e. The molecular weight excluding hydrogens is 436 g/mol. The van der Waals surface area contributed by atoms with E-state index in [-0.39, 0.29) is 0 Å². The predicted molar refractivity (Wildman–Crippen MR) is 127 cm³/mol. The summed E-state index contributed by atoms with van der Waals surface area (Å²) < 4.78 is 34.8. The van der Waals surface area contributed by atoms with Crippen molar-refractivity contribution in [2.24, 2.45) is 5.92 Å². The lowest BCUT2D eigenvalue weighted by molar-refractivity contribution is 0.0662. The highest BCUT2D eigenvalue weighted by molar-refractivity contribution is 5.50. The minimum absolute atomic E-state index is 0.292. The predicted octanol–water partition coefficient (Wildman–Crippen LogP) is 4.21. The molecule has 0 radical (unpaired) electrons. The first-order valence-corrected chi connectivity index (χ1v) is 12.4. The second-order valence-corrected chi connectivity index (χ2v) is 9.71. The van der Waals surface area contributed by atoms with Crippen LogP contribution in [-0.2, 0) is 17.8 Å². The van der Waals surface area contributed by atoms with Crippen molar-refractivity contribution >= 4 is 5.65 Å². The second-order valence-electron chi connectivity index (χ2n) is 9.71. The monoisotopic (exact) mass is 469 g/mol. The van der Waals surface area contributed by atoms with Crippen LogP contribution in [0.25, 0.3) is 5.65 Å². The Morgan fingerprint density at radius 1 is 1.12 bits per heavy atom. The van der Waals surface area contributed by atoms with E-state index >= 15 is 0 Å². The van der Waals surface area contributed by atoms with Crippen molar-refractivity contribution in [3.63, 3.8) is 0 Å². The minimum atomic E-state index is -0.524. The van der Waals surface area contributed by atoms with Crippen LogP contribution >= 0.6 is 0 Å². The molecule has 0 saturated carbocycles. The lowest BCUT2D eigenvalue weighted by atomic mass is 9.94. The van der Waals surface area contributed by atoms with Crippen LogP contribution in [0.3, 0.4) is 0 Å². The quantitative estimate of drug-likeness (QED) is 0.562. The zero-order valence-electron chi connectivity index (χ0n) is 19.8. The normalized spacial score (nSPS) is 20.3. The van der Waals surface area contributed by atoms with Crippen LogP contribution in [0.5, 0.6) is 0 Å². The highest BCUT2D eigenvalue weighted by Gasteiger charge is 2.25. The lowest BCUT2D eigenvalue weighted by Crippen LogP contribution is -2.34. The average Bonchev–Trinajstić information content (AvgIpc) is 3.14. The van der Waals surface area contributed by atoms with E-state index in [0.717, 1.165) is 93.7 Å². The van der Waals surface area contributed by atoms with Gasteiger partial charge in [0.25, 0.3) is 0 Å². The molecule has 2 saturated heterocycles. The van der Waals surface area contributed by atoms with Crippen molar-refractivity contribution in [1.29, 1.82) is 0 Å². The third kappa shape index (κ3) is 5.29. The molecule has 0 bridgehead atoms. The van der Waals surface area contributed by atoms with E-state index in [9.17, 15) is 8.78 Å². The van der Waals surface area contributed by atoms with E-state index in [4.69, 9.17) is 9.84 Å². The third-order valence-corrected chi connectivity index (χ3v) is 7.17. The van der Waals surface area contributed by atoms with Gasteiger partial charge < -0.3 is 10.1 Å². The molecular formula is C26H33F2N5O. The summed E-state index contributed by atoms with van der Waals surface area (Å²) in [5.74, 6) is -0.0899. The molecule has 1 aromatic carbocycles. The molecule has 34 heavy (non-hydrogen) atoms. The number of fused-ring (bicyclic) bond motifs is 1. The van der Waals surface area contributed by atoms with Gasteiger partial charge in [0.1, 0.15) is 11.6 Å². The molecule has 0 aliphatic carbocycles. The van der Waals surface area contributed by atoms with Gasteiger partial charge in [0, 0.05) is 56.6 Å². The number of aromatic nitrogens is 3. The molecule has 4 heterocycles. The Hall–Kier alpha value is -2.42. The number of hydrogen-bond acceptors (Lipinski definition) is 5. The topological polar surface area (TPSA) is 54.7 Å². The first-order chi connectivity index (χ1) is 16.6.